The van der Waals surface area contributed by atoms with Gasteiger partial charge in [-0.25, -0.2) is 24.9 Å². The smallest absolute Gasteiger partial charge is 0.271 e. The zero-order valence-electron chi connectivity index (χ0n) is 18.2. The van der Waals surface area contributed by atoms with Crippen molar-refractivity contribution in [1.82, 2.24) is 40.4 Å². The van der Waals surface area contributed by atoms with Gasteiger partial charge in [-0.1, -0.05) is 32.4 Å². The third-order valence-corrected chi connectivity index (χ3v) is 6.06. The minimum absolute atomic E-state index is 0.151. The predicted molar refractivity (Wildman–Crippen MR) is 123 cm³/mol. The van der Waals surface area contributed by atoms with Gasteiger partial charge in [-0.2, -0.15) is 5.10 Å². The Morgan fingerprint density at radius 1 is 1.09 bits per heavy atom. The summed E-state index contributed by atoms with van der Waals surface area (Å²) in [6, 6.07) is -0.458. The first-order valence-electron chi connectivity index (χ1n) is 9.88. The molecule has 170 valence electrons. The number of hydrogen-bond acceptors (Lipinski definition) is 9. The van der Waals surface area contributed by atoms with E-state index < -0.39 is 17.9 Å². The monoisotopic (exact) mass is 485 g/mol. The zero-order chi connectivity index (χ0) is 23.8. The lowest BCUT2D eigenvalue weighted by Crippen LogP contribution is -2.27. The van der Waals surface area contributed by atoms with Crippen molar-refractivity contribution in [2.75, 3.05) is 5.32 Å². The average molecular weight is 486 g/mol. The van der Waals surface area contributed by atoms with E-state index in [1.165, 1.54) is 24.9 Å². The fourth-order valence-corrected chi connectivity index (χ4v) is 4.17. The molecular formula is C20H20ClN9O2S. The third kappa shape index (κ3) is 4.81. The van der Waals surface area contributed by atoms with E-state index in [0.29, 0.717) is 31.6 Å². The predicted octanol–water partition coefficient (Wildman–Crippen LogP) is 3.29. The van der Waals surface area contributed by atoms with Crippen LogP contribution in [-0.2, 0) is 5.41 Å². The van der Waals surface area contributed by atoms with Crippen molar-refractivity contribution in [1.29, 1.82) is 0 Å². The fourth-order valence-electron chi connectivity index (χ4n) is 2.98. The first kappa shape index (κ1) is 22.7. The van der Waals surface area contributed by atoms with Crippen LogP contribution in [-0.4, -0.2) is 46.9 Å². The summed E-state index contributed by atoms with van der Waals surface area (Å²) >= 11 is 7.34. The van der Waals surface area contributed by atoms with E-state index >= 15 is 0 Å². The van der Waals surface area contributed by atoms with Crippen LogP contribution in [0.15, 0.2) is 24.9 Å². The van der Waals surface area contributed by atoms with Crippen LogP contribution in [0.5, 0.6) is 0 Å². The Bertz CT molecular complexity index is 1340. The molecule has 1 atom stereocenters. The van der Waals surface area contributed by atoms with Crippen LogP contribution in [0.3, 0.4) is 0 Å². The van der Waals surface area contributed by atoms with Gasteiger partial charge in [0.25, 0.3) is 11.8 Å². The number of halogens is 1. The lowest BCUT2D eigenvalue weighted by Gasteiger charge is -2.19. The van der Waals surface area contributed by atoms with E-state index in [-0.39, 0.29) is 17.1 Å². The molecule has 0 spiro atoms. The second-order valence-electron chi connectivity index (χ2n) is 8.21. The standard InChI is InChI=1S/C20H20ClN9O2S/c1-9(27-17(32)13-10-5-26-30-15(10)25-8-24-13)18-22-7-12(33-18)16(31)29-19-23-6-11(21)14(28-19)20(2,3)4/h5-9H,1-4H3,(H,27,32)(H,23,28,29,31)(H,24,25,26,30). The van der Waals surface area contributed by atoms with Crippen LogP contribution in [0.4, 0.5) is 5.95 Å². The highest BCUT2D eigenvalue weighted by Crippen LogP contribution is 2.28. The van der Waals surface area contributed by atoms with Crippen molar-refractivity contribution in [3.8, 4) is 0 Å². The molecule has 4 aromatic heterocycles. The van der Waals surface area contributed by atoms with Gasteiger partial charge in [0.05, 0.1) is 40.7 Å². The van der Waals surface area contributed by atoms with Crippen molar-refractivity contribution in [3.05, 3.63) is 51.2 Å². The largest absolute Gasteiger partial charge is 0.342 e. The van der Waals surface area contributed by atoms with Crippen molar-refractivity contribution in [3.63, 3.8) is 0 Å². The van der Waals surface area contributed by atoms with Crippen LogP contribution >= 0.6 is 22.9 Å². The summed E-state index contributed by atoms with van der Waals surface area (Å²) in [5, 5.41) is 13.6. The molecule has 4 rings (SSSR count). The molecule has 0 saturated heterocycles. The van der Waals surface area contributed by atoms with Gasteiger partial charge >= 0.3 is 0 Å². The van der Waals surface area contributed by atoms with Crippen molar-refractivity contribution < 1.29 is 9.59 Å². The number of H-pyrrole nitrogens is 1. The number of carbonyl (C=O) groups excluding carboxylic acids is 2. The van der Waals surface area contributed by atoms with Crippen molar-refractivity contribution in [2.24, 2.45) is 0 Å². The molecule has 0 aliphatic heterocycles. The Morgan fingerprint density at radius 2 is 1.88 bits per heavy atom. The third-order valence-electron chi connectivity index (χ3n) is 4.61. The summed E-state index contributed by atoms with van der Waals surface area (Å²) in [5.74, 6) is -0.657. The number of nitrogens with zero attached hydrogens (tertiary/aromatic N) is 6. The number of nitrogens with one attached hydrogen (secondary N) is 3. The van der Waals surface area contributed by atoms with Crippen LogP contribution < -0.4 is 10.6 Å². The topological polar surface area (TPSA) is 151 Å². The summed E-state index contributed by atoms with van der Waals surface area (Å²) in [6.07, 6.45) is 5.68. The molecule has 0 bridgehead atoms. The minimum atomic E-state index is -0.458. The van der Waals surface area contributed by atoms with Crippen LogP contribution in [0, 0.1) is 0 Å². The van der Waals surface area contributed by atoms with E-state index in [1.807, 2.05) is 20.8 Å². The molecule has 0 saturated carbocycles. The van der Waals surface area contributed by atoms with Crippen LogP contribution in [0.1, 0.15) is 64.6 Å². The zero-order valence-corrected chi connectivity index (χ0v) is 19.7. The van der Waals surface area contributed by atoms with Gasteiger partial charge in [-0.3, -0.25) is 20.0 Å². The molecule has 0 aliphatic rings. The molecule has 4 heterocycles. The van der Waals surface area contributed by atoms with Crippen LogP contribution in [0.25, 0.3) is 11.0 Å². The number of aromatic nitrogens is 7. The van der Waals surface area contributed by atoms with E-state index in [1.54, 1.807) is 6.92 Å². The first-order chi connectivity index (χ1) is 15.6. The Morgan fingerprint density at radius 3 is 2.64 bits per heavy atom. The molecule has 13 heteroatoms. The number of hydrogen-bond donors (Lipinski definition) is 3. The number of thiazole rings is 1. The van der Waals surface area contributed by atoms with Gasteiger partial charge in [0.15, 0.2) is 5.65 Å². The lowest BCUT2D eigenvalue weighted by molar-refractivity contribution is 0.0936. The molecule has 33 heavy (non-hydrogen) atoms. The van der Waals surface area contributed by atoms with E-state index in [2.05, 4.69) is 45.8 Å². The Kier molecular flexibility index (Phi) is 6.04. The summed E-state index contributed by atoms with van der Waals surface area (Å²) in [4.78, 5) is 46.5. The molecule has 3 N–H and O–H groups in total. The summed E-state index contributed by atoms with van der Waals surface area (Å²) in [6.45, 7) is 7.68. The summed E-state index contributed by atoms with van der Waals surface area (Å²) < 4.78 is 0. The molecule has 0 aliphatic carbocycles. The molecular weight excluding hydrogens is 466 g/mol. The Hall–Kier alpha value is -3.51. The molecule has 0 radical (unpaired) electrons. The van der Waals surface area contributed by atoms with Crippen molar-refractivity contribution in [2.45, 2.75) is 39.2 Å². The SMILES string of the molecule is CC(NC(=O)c1ncnc2[nH]ncc12)c1ncc(C(=O)Nc2ncc(Cl)c(C(C)(C)C)n2)s1. The highest BCUT2D eigenvalue weighted by molar-refractivity contribution is 7.13. The molecule has 4 aromatic rings. The van der Waals surface area contributed by atoms with Gasteiger partial charge in [-0.05, 0) is 6.92 Å². The second kappa shape index (κ2) is 8.79. The Balaban J connectivity index is 1.46. The molecule has 11 nitrogen and oxygen atoms in total. The molecule has 0 fully saturated rings. The van der Waals surface area contributed by atoms with Gasteiger partial charge in [0.2, 0.25) is 5.95 Å². The maximum Gasteiger partial charge on any atom is 0.271 e. The first-order valence-corrected chi connectivity index (χ1v) is 11.1. The molecule has 0 aromatic carbocycles. The van der Waals surface area contributed by atoms with Gasteiger partial charge in [0.1, 0.15) is 21.9 Å². The number of fused-ring (bicyclic) bond motifs is 1. The maximum atomic E-state index is 12.7. The highest BCUT2D eigenvalue weighted by atomic mass is 35.5. The minimum Gasteiger partial charge on any atom is -0.342 e. The van der Waals surface area contributed by atoms with Crippen molar-refractivity contribution >= 4 is 51.7 Å². The number of amides is 2. The summed E-state index contributed by atoms with van der Waals surface area (Å²) in [5.41, 5.74) is 0.989. The molecule has 1 unspecified atom stereocenters. The normalized spacial score (nSPS) is 12.5. The highest BCUT2D eigenvalue weighted by Gasteiger charge is 2.23. The quantitative estimate of drug-likeness (QED) is 0.389. The number of aromatic amines is 1. The van der Waals surface area contributed by atoms with Gasteiger partial charge < -0.3 is 5.32 Å². The number of anilines is 1. The fraction of sp³-hybridized carbons (Fsp3) is 0.300. The average Bonchev–Trinajstić information content (AvgIpc) is 3.43. The maximum absolute atomic E-state index is 12.7. The van der Waals surface area contributed by atoms with Gasteiger partial charge in [0, 0.05) is 5.41 Å². The summed E-state index contributed by atoms with van der Waals surface area (Å²) in [7, 11) is 0. The Labute approximate surface area is 197 Å². The van der Waals surface area contributed by atoms with Crippen LogP contribution in [0.2, 0.25) is 5.02 Å². The molecule has 2 amide bonds. The lowest BCUT2D eigenvalue weighted by atomic mass is 9.92. The second-order valence-corrected chi connectivity index (χ2v) is 9.68. The van der Waals surface area contributed by atoms with Gasteiger partial charge in [-0.15, -0.1) is 11.3 Å². The van der Waals surface area contributed by atoms with E-state index in [9.17, 15) is 9.59 Å². The van der Waals surface area contributed by atoms with E-state index in [0.717, 1.165) is 11.3 Å². The van der Waals surface area contributed by atoms with E-state index in [4.69, 9.17) is 11.6 Å². The number of rotatable bonds is 5. The number of carbonyl (C=O) groups is 2.